The fraction of sp³-hybridized carbons (Fsp3) is 0.333. The van der Waals surface area contributed by atoms with Crippen molar-refractivity contribution in [2.24, 2.45) is 0 Å². The molecule has 0 fully saturated rings. The zero-order chi connectivity index (χ0) is 15.4. The molecule has 0 aliphatic rings. The maximum absolute atomic E-state index is 12.1. The predicted molar refractivity (Wildman–Crippen MR) is 78.8 cm³/mol. The zero-order valence-electron chi connectivity index (χ0n) is 12.4. The molecule has 0 saturated heterocycles. The molecule has 2 rings (SSSR count). The molecule has 1 aromatic carbocycles. The Morgan fingerprint density at radius 2 is 2.19 bits per heavy atom. The Labute approximate surface area is 123 Å². The highest BCUT2D eigenvalue weighted by atomic mass is 16.5. The first kappa shape index (κ1) is 14.9. The van der Waals surface area contributed by atoms with Crippen molar-refractivity contribution in [2.75, 3.05) is 19.4 Å². The molecule has 6 nitrogen and oxygen atoms in total. The number of hydrogen-bond donors (Lipinski definition) is 1. The third-order valence-corrected chi connectivity index (χ3v) is 3.22. The van der Waals surface area contributed by atoms with E-state index in [1.54, 1.807) is 36.2 Å². The Hall–Kier alpha value is -2.50. The van der Waals surface area contributed by atoms with Gasteiger partial charge in [-0.1, -0.05) is 11.2 Å². The van der Waals surface area contributed by atoms with Gasteiger partial charge in [0.05, 0.1) is 12.2 Å². The summed E-state index contributed by atoms with van der Waals surface area (Å²) in [5.74, 6) is 1.18. The van der Waals surface area contributed by atoms with E-state index in [4.69, 9.17) is 15.0 Å². The number of ether oxygens (including phenoxy) is 1. The van der Waals surface area contributed by atoms with Crippen LogP contribution in [0.25, 0.3) is 0 Å². The van der Waals surface area contributed by atoms with Crippen molar-refractivity contribution in [2.45, 2.75) is 20.4 Å². The molecule has 1 amide bonds. The smallest absolute Gasteiger partial charge is 0.260 e. The van der Waals surface area contributed by atoms with E-state index >= 15 is 0 Å². The molecule has 0 radical (unpaired) electrons. The van der Waals surface area contributed by atoms with Crippen LogP contribution in [0.5, 0.6) is 5.75 Å². The van der Waals surface area contributed by atoms with Gasteiger partial charge in [0.1, 0.15) is 11.5 Å². The Balaban J connectivity index is 1.91. The number of nitrogens with two attached hydrogens (primary N) is 1. The number of hydrogen-bond acceptors (Lipinski definition) is 5. The summed E-state index contributed by atoms with van der Waals surface area (Å²) in [5.41, 5.74) is 7.98. The van der Waals surface area contributed by atoms with E-state index in [0.717, 1.165) is 17.0 Å². The van der Waals surface area contributed by atoms with Gasteiger partial charge in [0.2, 0.25) is 0 Å². The molecule has 0 unspecified atom stereocenters. The number of nitrogen functional groups attached to an aromatic ring is 1. The van der Waals surface area contributed by atoms with Gasteiger partial charge >= 0.3 is 0 Å². The van der Waals surface area contributed by atoms with Gasteiger partial charge in [-0.25, -0.2) is 0 Å². The number of likely N-dealkylation sites (N-methyl/N-ethyl adjacent to an activating group) is 1. The summed E-state index contributed by atoms with van der Waals surface area (Å²) >= 11 is 0. The van der Waals surface area contributed by atoms with Gasteiger partial charge in [0.15, 0.2) is 6.61 Å². The highest BCUT2D eigenvalue weighted by Gasteiger charge is 2.15. The molecule has 2 N–H and O–H groups in total. The highest BCUT2D eigenvalue weighted by Crippen LogP contribution is 2.16. The first-order chi connectivity index (χ1) is 9.97. The minimum atomic E-state index is -0.127. The van der Waals surface area contributed by atoms with Gasteiger partial charge in [-0.15, -0.1) is 0 Å². The van der Waals surface area contributed by atoms with Crippen molar-refractivity contribution in [1.82, 2.24) is 10.1 Å². The SMILES string of the molecule is Cc1noc(C)c1CN(C)C(=O)COc1cccc(N)c1. The number of nitrogens with zero attached hydrogens (tertiary/aromatic N) is 2. The summed E-state index contributed by atoms with van der Waals surface area (Å²) in [6, 6.07) is 6.99. The fourth-order valence-corrected chi connectivity index (χ4v) is 1.91. The molecule has 1 heterocycles. The van der Waals surface area contributed by atoms with Crippen LogP contribution in [0.1, 0.15) is 17.0 Å². The van der Waals surface area contributed by atoms with E-state index in [0.29, 0.717) is 18.0 Å². The molecular formula is C15H19N3O3. The molecule has 112 valence electrons. The van der Waals surface area contributed by atoms with Gasteiger partial charge in [0, 0.05) is 24.4 Å². The Morgan fingerprint density at radius 3 is 2.81 bits per heavy atom. The monoisotopic (exact) mass is 289 g/mol. The maximum Gasteiger partial charge on any atom is 0.260 e. The zero-order valence-corrected chi connectivity index (χ0v) is 12.4. The molecule has 0 saturated carbocycles. The van der Waals surface area contributed by atoms with Crippen molar-refractivity contribution in [3.63, 3.8) is 0 Å². The largest absolute Gasteiger partial charge is 0.484 e. The molecule has 0 bridgehead atoms. The van der Waals surface area contributed by atoms with E-state index in [1.807, 2.05) is 13.8 Å². The van der Waals surface area contributed by atoms with Gasteiger partial charge < -0.3 is 19.9 Å². The lowest BCUT2D eigenvalue weighted by atomic mass is 10.2. The summed E-state index contributed by atoms with van der Waals surface area (Å²) in [6.45, 7) is 4.09. The van der Waals surface area contributed by atoms with Crippen LogP contribution in [0.3, 0.4) is 0 Å². The summed E-state index contributed by atoms with van der Waals surface area (Å²) in [6.07, 6.45) is 0. The van der Waals surface area contributed by atoms with Crippen molar-refractivity contribution in [1.29, 1.82) is 0 Å². The maximum atomic E-state index is 12.1. The number of rotatable bonds is 5. The quantitative estimate of drug-likeness (QED) is 0.850. The summed E-state index contributed by atoms with van der Waals surface area (Å²) in [5, 5.41) is 3.87. The molecular weight excluding hydrogens is 270 g/mol. The number of carbonyl (C=O) groups is 1. The topological polar surface area (TPSA) is 81.6 Å². The highest BCUT2D eigenvalue weighted by molar-refractivity contribution is 5.77. The summed E-state index contributed by atoms with van der Waals surface area (Å²) in [4.78, 5) is 13.7. The minimum Gasteiger partial charge on any atom is -0.484 e. The molecule has 6 heteroatoms. The summed E-state index contributed by atoms with van der Waals surface area (Å²) < 4.78 is 10.5. The van der Waals surface area contributed by atoms with Gasteiger partial charge in [-0.2, -0.15) is 0 Å². The average Bonchev–Trinajstić information content (AvgIpc) is 2.76. The first-order valence-corrected chi connectivity index (χ1v) is 6.61. The second-order valence-electron chi connectivity index (χ2n) is 4.91. The van der Waals surface area contributed by atoms with Crippen molar-refractivity contribution >= 4 is 11.6 Å². The van der Waals surface area contributed by atoms with Crippen LogP contribution in [-0.4, -0.2) is 29.6 Å². The molecule has 0 aliphatic heterocycles. The number of aromatic nitrogens is 1. The molecule has 2 aromatic rings. The normalized spacial score (nSPS) is 10.4. The lowest BCUT2D eigenvalue weighted by Crippen LogP contribution is -2.31. The Kier molecular flexibility index (Phi) is 4.47. The second-order valence-corrected chi connectivity index (χ2v) is 4.91. The van der Waals surface area contributed by atoms with Crippen LogP contribution in [0.15, 0.2) is 28.8 Å². The second kappa shape index (κ2) is 6.30. The number of amides is 1. The Morgan fingerprint density at radius 1 is 1.43 bits per heavy atom. The van der Waals surface area contributed by atoms with Crippen LogP contribution in [-0.2, 0) is 11.3 Å². The standard InChI is InChI=1S/C15H19N3O3/c1-10-14(11(2)21-17-10)8-18(3)15(19)9-20-13-6-4-5-12(16)7-13/h4-7H,8-9,16H2,1-3H3. The van der Waals surface area contributed by atoms with Gasteiger partial charge in [-0.05, 0) is 26.0 Å². The van der Waals surface area contributed by atoms with E-state index < -0.39 is 0 Å². The van der Waals surface area contributed by atoms with Gasteiger partial charge in [0.25, 0.3) is 5.91 Å². The predicted octanol–water partition coefficient (Wildman–Crippen LogP) is 1.91. The molecule has 0 spiro atoms. The lowest BCUT2D eigenvalue weighted by Gasteiger charge is -2.17. The number of anilines is 1. The summed E-state index contributed by atoms with van der Waals surface area (Å²) in [7, 11) is 1.72. The molecule has 21 heavy (non-hydrogen) atoms. The van der Waals surface area contributed by atoms with E-state index in [-0.39, 0.29) is 12.5 Å². The van der Waals surface area contributed by atoms with Crippen LogP contribution in [0.4, 0.5) is 5.69 Å². The number of aryl methyl sites for hydroxylation is 2. The number of carbonyl (C=O) groups excluding carboxylic acids is 1. The molecule has 1 aromatic heterocycles. The van der Waals surface area contributed by atoms with Crippen molar-refractivity contribution in [3.05, 3.63) is 41.3 Å². The fourth-order valence-electron chi connectivity index (χ4n) is 1.91. The van der Waals surface area contributed by atoms with E-state index in [9.17, 15) is 4.79 Å². The third kappa shape index (κ3) is 3.75. The molecule has 0 atom stereocenters. The average molecular weight is 289 g/mol. The minimum absolute atomic E-state index is 0.0384. The van der Waals surface area contributed by atoms with Crippen molar-refractivity contribution < 1.29 is 14.1 Å². The van der Waals surface area contributed by atoms with Crippen LogP contribution in [0.2, 0.25) is 0 Å². The third-order valence-electron chi connectivity index (χ3n) is 3.22. The number of benzene rings is 1. The lowest BCUT2D eigenvalue weighted by molar-refractivity contribution is -0.132. The van der Waals surface area contributed by atoms with Crippen LogP contribution >= 0.6 is 0 Å². The van der Waals surface area contributed by atoms with E-state index in [2.05, 4.69) is 5.16 Å². The van der Waals surface area contributed by atoms with Gasteiger partial charge in [-0.3, -0.25) is 4.79 Å². The van der Waals surface area contributed by atoms with Crippen LogP contribution < -0.4 is 10.5 Å². The Bertz CT molecular complexity index is 617. The first-order valence-electron chi connectivity index (χ1n) is 6.61. The van der Waals surface area contributed by atoms with Crippen LogP contribution in [0, 0.1) is 13.8 Å². The van der Waals surface area contributed by atoms with E-state index in [1.165, 1.54) is 0 Å². The molecule has 0 aliphatic carbocycles. The van der Waals surface area contributed by atoms with Crippen molar-refractivity contribution in [3.8, 4) is 5.75 Å².